The smallest absolute Gasteiger partial charge is 0.162 e. The third kappa shape index (κ3) is 2.67. The van der Waals surface area contributed by atoms with E-state index in [1.165, 1.54) is 0 Å². The summed E-state index contributed by atoms with van der Waals surface area (Å²) in [5.74, 6) is 1.44. The van der Waals surface area contributed by atoms with E-state index in [-0.39, 0.29) is 5.41 Å². The molecule has 1 aliphatic rings. The lowest BCUT2D eigenvalue weighted by Gasteiger charge is -2.15. The number of methoxy groups -OCH3 is 2. The predicted octanol–water partition coefficient (Wildman–Crippen LogP) is 2.81. The second kappa shape index (κ2) is 5.18. The summed E-state index contributed by atoms with van der Waals surface area (Å²) in [7, 11) is 3.25. The van der Waals surface area contributed by atoms with Gasteiger partial charge in [-0.1, -0.05) is 0 Å². The normalized spacial score (nSPS) is 15.6. The van der Waals surface area contributed by atoms with Gasteiger partial charge in [-0.15, -0.1) is 0 Å². The zero-order valence-electron chi connectivity index (χ0n) is 10.8. The second-order valence-corrected chi connectivity index (χ2v) is 4.76. The maximum absolute atomic E-state index is 8.78. The number of anilines is 1. The average Bonchev–Trinajstić information content (AvgIpc) is 3.16. The number of rotatable bonds is 6. The highest BCUT2D eigenvalue weighted by Crippen LogP contribution is 2.48. The summed E-state index contributed by atoms with van der Waals surface area (Å²) in [5.41, 5.74) is 1.19. The molecule has 18 heavy (non-hydrogen) atoms. The first-order valence-corrected chi connectivity index (χ1v) is 6.06. The monoisotopic (exact) mass is 246 g/mol. The molecule has 1 fully saturated rings. The Morgan fingerprint density at radius 1 is 1.28 bits per heavy atom. The van der Waals surface area contributed by atoms with Crippen LogP contribution in [0.2, 0.25) is 0 Å². The average molecular weight is 246 g/mol. The maximum Gasteiger partial charge on any atom is 0.162 e. The number of benzene rings is 1. The number of nitriles is 1. The standard InChI is InChI=1S/C14H18N2O2/c1-17-12-4-3-11(9-13(12)18-2)16-10-14(5-6-14)7-8-15/h3-4,9,16H,5-7,10H2,1-2H3. The summed E-state index contributed by atoms with van der Waals surface area (Å²) < 4.78 is 10.4. The highest BCUT2D eigenvalue weighted by molar-refractivity contribution is 5.55. The van der Waals surface area contributed by atoms with Crippen molar-refractivity contribution in [3.8, 4) is 17.6 Å². The fraction of sp³-hybridized carbons (Fsp3) is 0.500. The van der Waals surface area contributed by atoms with Crippen LogP contribution in [0.15, 0.2) is 18.2 Å². The minimum atomic E-state index is 0.196. The lowest BCUT2D eigenvalue weighted by atomic mass is 10.0. The molecule has 1 aliphatic carbocycles. The highest BCUT2D eigenvalue weighted by atomic mass is 16.5. The molecule has 96 valence electrons. The van der Waals surface area contributed by atoms with Crippen molar-refractivity contribution in [3.05, 3.63) is 18.2 Å². The Hall–Kier alpha value is -1.89. The van der Waals surface area contributed by atoms with Crippen molar-refractivity contribution in [1.29, 1.82) is 5.26 Å². The largest absolute Gasteiger partial charge is 0.493 e. The van der Waals surface area contributed by atoms with Gasteiger partial charge in [-0.25, -0.2) is 0 Å². The molecule has 1 aromatic rings. The van der Waals surface area contributed by atoms with E-state index in [2.05, 4.69) is 11.4 Å². The van der Waals surface area contributed by atoms with Gasteiger partial charge in [-0.05, 0) is 25.0 Å². The molecule has 4 heteroatoms. The molecule has 2 rings (SSSR count). The van der Waals surface area contributed by atoms with Gasteiger partial charge in [0.05, 0.1) is 20.3 Å². The Kier molecular flexibility index (Phi) is 3.61. The van der Waals surface area contributed by atoms with Crippen LogP contribution in [0.4, 0.5) is 5.69 Å². The Labute approximate surface area is 108 Å². The van der Waals surface area contributed by atoms with Crippen molar-refractivity contribution < 1.29 is 9.47 Å². The lowest BCUT2D eigenvalue weighted by molar-refractivity contribution is 0.355. The van der Waals surface area contributed by atoms with Crippen LogP contribution >= 0.6 is 0 Å². The number of nitrogens with one attached hydrogen (secondary N) is 1. The van der Waals surface area contributed by atoms with Crippen molar-refractivity contribution in [2.45, 2.75) is 19.3 Å². The summed E-state index contributed by atoms with van der Waals surface area (Å²) in [6, 6.07) is 8.02. The van der Waals surface area contributed by atoms with Gasteiger partial charge in [0.1, 0.15) is 0 Å². The van der Waals surface area contributed by atoms with E-state index in [4.69, 9.17) is 14.7 Å². The molecule has 0 bridgehead atoms. The number of hydrogen-bond acceptors (Lipinski definition) is 4. The third-order valence-corrected chi connectivity index (χ3v) is 3.46. The molecule has 0 heterocycles. The summed E-state index contributed by atoms with van der Waals surface area (Å²) in [6.07, 6.45) is 2.91. The molecule has 1 N–H and O–H groups in total. The Balaban J connectivity index is 2.00. The van der Waals surface area contributed by atoms with E-state index in [1.807, 2.05) is 18.2 Å². The van der Waals surface area contributed by atoms with Crippen molar-refractivity contribution in [2.75, 3.05) is 26.1 Å². The second-order valence-electron chi connectivity index (χ2n) is 4.76. The first-order valence-electron chi connectivity index (χ1n) is 6.06. The van der Waals surface area contributed by atoms with E-state index < -0.39 is 0 Å². The zero-order chi connectivity index (χ0) is 13.0. The molecule has 0 spiro atoms. The molecule has 0 amide bonds. The Morgan fingerprint density at radius 3 is 2.56 bits per heavy atom. The van der Waals surface area contributed by atoms with Gasteiger partial charge in [-0.2, -0.15) is 5.26 Å². The topological polar surface area (TPSA) is 54.3 Å². The van der Waals surface area contributed by atoms with E-state index in [0.29, 0.717) is 12.2 Å². The molecule has 0 saturated heterocycles. The highest BCUT2D eigenvalue weighted by Gasteiger charge is 2.42. The van der Waals surface area contributed by atoms with Crippen LogP contribution in [0.25, 0.3) is 0 Å². The van der Waals surface area contributed by atoms with Crippen molar-refractivity contribution in [1.82, 2.24) is 0 Å². The van der Waals surface area contributed by atoms with Gasteiger partial charge >= 0.3 is 0 Å². The summed E-state index contributed by atoms with van der Waals surface area (Å²) in [6.45, 7) is 0.843. The Morgan fingerprint density at radius 2 is 2.00 bits per heavy atom. The summed E-state index contributed by atoms with van der Waals surface area (Å²) in [4.78, 5) is 0. The quantitative estimate of drug-likeness (QED) is 0.838. The van der Waals surface area contributed by atoms with E-state index in [9.17, 15) is 0 Å². The fourth-order valence-electron chi connectivity index (χ4n) is 2.00. The number of hydrogen-bond donors (Lipinski definition) is 1. The van der Waals surface area contributed by atoms with E-state index in [0.717, 1.165) is 30.8 Å². The van der Waals surface area contributed by atoms with Crippen LogP contribution in [0, 0.1) is 16.7 Å². The van der Waals surface area contributed by atoms with Crippen LogP contribution in [0.5, 0.6) is 11.5 Å². The van der Waals surface area contributed by atoms with Crippen molar-refractivity contribution >= 4 is 5.69 Å². The van der Waals surface area contributed by atoms with Crippen LogP contribution in [0.3, 0.4) is 0 Å². The first-order chi connectivity index (χ1) is 8.73. The summed E-state index contributed by atoms with van der Waals surface area (Å²) >= 11 is 0. The molecule has 0 unspecified atom stereocenters. The molecular formula is C14H18N2O2. The molecule has 0 atom stereocenters. The third-order valence-electron chi connectivity index (χ3n) is 3.46. The minimum Gasteiger partial charge on any atom is -0.493 e. The van der Waals surface area contributed by atoms with Crippen LogP contribution < -0.4 is 14.8 Å². The van der Waals surface area contributed by atoms with Crippen LogP contribution in [-0.2, 0) is 0 Å². The van der Waals surface area contributed by atoms with Gasteiger partial charge in [0.2, 0.25) is 0 Å². The van der Waals surface area contributed by atoms with Gasteiger partial charge in [0, 0.05) is 30.1 Å². The molecule has 1 aromatic carbocycles. The fourth-order valence-corrected chi connectivity index (χ4v) is 2.00. The molecule has 0 aliphatic heterocycles. The van der Waals surface area contributed by atoms with Crippen molar-refractivity contribution in [2.24, 2.45) is 5.41 Å². The number of nitrogens with zero attached hydrogens (tertiary/aromatic N) is 1. The van der Waals surface area contributed by atoms with Crippen molar-refractivity contribution in [3.63, 3.8) is 0 Å². The van der Waals surface area contributed by atoms with E-state index in [1.54, 1.807) is 14.2 Å². The van der Waals surface area contributed by atoms with Crippen LogP contribution in [0.1, 0.15) is 19.3 Å². The summed E-state index contributed by atoms with van der Waals surface area (Å²) in [5, 5.41) is 12.1. The Bertz CT molecular complexity index is 461. The molecule has 0 aromatic heterocycles. The van der Waals surface area contributed by atoms with E-state index >= 15 is 0 Å². The maximum atomic E-state index is 8.78. The SMILES string of the molecule is COc1ccc(NCC2(CC#N)CC2)cc1OC. The van der Waals surface area contributed by atoms with Gasteiger partial charge in [-0.3, -0.25) is 0 Å². The first kappa shape index (κ1) is 12.6. The zero-order valence-corrected chi connectivity index (χ0v) is 10.8. The minimum absolute atomic E-state index is 0.196. The molecular weight excluding hydrogens is 228 g/mol. The number of ether oxygens (including phenoxy) is 2. The van der Waals surface area contributed by atoms with Crippen LogP contribution in [-0.4, -0.2) is 20.8 Å². The lowest BCUT2D eigenvalue weighted by Crippen LogP contribution is -2.14. The van der Waals surface area contributed by atoms with Gasteiger partial charge in [0.15, 0.2) is 11.5 Å². The molecule has 4 nitrogen and oxygen atoms in total. The molecule has 0 radical (unpaired) electrons. The molecule has 1 saturated carbocycles. The van der Waals surface area contributed by atoms with Gasteiger partial charge < -0.3 is 14.8 Å². The van der Waals surface area contributed by atoms with Gasteiger partial charge in [0.25, 0.3) is 0 Å². The predicted molar refractivity (Wildman–Crippen MR) is 69.9 cm³/mol.